The zero-order chi connectivity index (χ0) is 15.0. The molecule has 0 atom stereocenters. The second kappa shape index (κ2) is 5.44. The van der Waals surface area contributed by atoms with Crippen LogP contribution in [-0.4, -0.2) is 13.4 Å². The third-order valence-electron chi connectivity index (χ3n) is 2.64. The summed E-state index contributed by atoms with van der Waals surface area (Å²) in [5.74, 6) is 0. The molecule has 2 heterocycles. The number of nitrogens with zero attached hydrogens (tertiary/aromatic N) is 1. The molecular weight excluding hydrogens is 314 g/mol. The van der Waals surface area contributed by atoms with E-state index >= 15 is 0 Å². The molecule has 0 saturated carbocycles. The third-order valence-corrected chi connectivity index (χ3v) is 5.95. The molecule has 0 aliphatic carbocycles. The Labute approximate surface area is 126 Å². The van der Waals surface area contributed by atoms with Gasteiger partial charge in [-0.2, -0.15) is 0 Å². The Bertz CT molecular complexity index is 696. The van der Waals surface area contributed by atoms with Crippen molar-refractivity contribution in [3.8, 4) is 0 Å². The van der Waals surface area contributed by atoms with Gasteiger partial charge in [-0.3, -0.25) is 4.72 Å². The molecule has 2 aromatic heterocycles. The van der Waals surface area contributed by atoms with E-state index in [-0.39, 0.29) is 10.3 Å². The highest BCUT2D eigenvalue weighted by atomic mass is 32.2. The van der Waals surface area contributed by atoms with E-state index in [1.165, 1.54) is 22.7 Å². The van der Waals surface area contributed by atoms with Crippen molar-refractivity contribution in [3.63, 3.8) is 0 Å². The Morgan fingerprint density at radius 2 is 2.00 bits per heavy atom. The van der Waals surface area contributed by atoms with Gasteiger partial charge in [0.25, 0.3) is 10.0 Å². The average molecular weight is 331 g/mol. The number of hydrogen-bond acceptors (Lipinski definition) is 6. The van der Waals surface area contributed by atoms with E-state index in [2.05, 4.69) is 9.71 Å². The van der Waals surface area contributed by atoms with Gasteiger partial charge in [-0.25, -0.2) is 13.4 Å². The first kappa shape index (κ1) is 15.4. The van der Waals surface area contributed by atoms with Gasteiger partial charge in [0.2, 0.25) is 0 Å². The maximum Gasteiger partial charge on any atom is 0.264 e. The van der Waals surface area contributed by atoms with Crippen LogP contribution in [0.25, 0.3) is 0 Å². The molecule has 0 amide bonds. The Balaban J connectivity index is 2.22. The minimum Gasteiger partial charge on any atom is -0.326 e. The smallest absolute Gasteiger partial charge is 0.264 e. The van der Waals surface area contributed by atoms with Crippen molar-refractivity contribution >= 4 is 37.8 Å². The summed E-state index contributed by atoms with van der Waals surface area (Å²) < 4.78 is 26.9. The molecule has 110 valence electrons. The predicted molar refractivity (Wildman–Crippen MR) is 83.8 cm³/mol. The summed E-state index contributed by atoms with van der Waals surface area (Å²) in [6.07, 6.45) is 0. The lowest BCUT2D eigenvalue weighted by Crippen LogP contribution is -2.14. The molecule has 2 aromatic rings. The van der Waals surface area contributed by atoms with E-state index < -0.39 is 10.0 Å². The molecule has 8 heteroatoms. The molecule has 5 nitrogen and oxygen atoms in total. The van der Waals surface area contributed by atoms with Crippen LogP contribution in [0, 0.1) is 0 Å². The average Bonchev–Trinajstić information content (AvgIpc) is 2.95. The van der Waals surface area contributed by atoms with Crippen molar-refractivity contribution in [1.82, 2.24) is 4.98 Å². The Kier molecular flexibility index (Phi) is 4.19. The van der Waals surface area contributed by atoms with Gasteiger partial charge >= 0.3 is 0 Å². The molecule has 0 radical (unpaired) electrons. The number of sulfonamides is 1. The fourth-order valence-corrected chi connectivity index (χ4v) is 4.79. The van der Waals surface area contributed by atoms with Crippen molar-refractivity contribution in [3.05, 3.63) is 27.4 Å². The number of thiophene rings is 1. The summed E-state index contributed by atoms with van der Waals surface area (Å²) in [5, 5.41) is 3.84. The lowest BCUT2D eigenvalue weighted by atomic mass is 9.93. The standard InChI is InChI=1S/C12H17N3O2S3/c1-12(2,3)10-7-19-11(14-10)15-20(16,17)9-4-8(5-13)18-6-9/h4,6-7H,5,13H2,1-3H3,(H,14,15). The molecule has 20 heavy (non-hydrogen) atoms. The van der Waals surface area contributed by atoms with Crippen molar-refractivity contribution in [2.75, 3.05) is 4.72 Å². The van der Waals surface area contributed by atoms with E-state index in [4.69, 9.17) is 5.73 Å². The molecule has 0 bridgehead atoms. The molecular formula is C12H17N3O2S3. The largest absolute Gasteiger partial charge is 0.326 e. The number of anilines is 1. The zero-order valence-corrected chi connectivity index (χ0v) is 14.0. The van der Waals surface area contributed by atoms with Crippen molar-refractivity contribution in [1.29, 1.82) is 0 Å². The highest BCUT2D eigenvalue weighted by molar-refractivity contribution is 7.93. The number of nitrogens with two attached hydrogens (primary N) is 1. The van der Waals surface area contributed by atoms with Crippen LogP contribution in [0.5, 0.6) is 0 Å². The van der Waals surface area contributed by atoms with Crippen molar-refractivity contribution in [2.45, 2.75) is 37.6 Å². The van der Waals surface area contributed by atoms with Crippen LogP contribution < -0.4 is 10.5 Å². The minimum atomic E-state index is -3.58. The number of hydrogen-bond donors (Lipinski definition) is 2. The van der Waals surface area contributed by atoms with Gasteiger partial charge in [-0.05, 0) is 6.07 Å². The third kappa shape index (κ3) is 3.38. The number of rotatable bonds is 4. The summed E-state index contributed by atoms with van der Waals surface area (Å²) in [7, 11) is -3.58. The predicted octanol–water partition coefficient (Wildman–Crippen LogP) is 2.76. The quantitative estimate of drug-likeness (QED) is 0.902. The molecule has 3 N–H and O–H groups in total. The highest BCUT2D eigenvalue weighted by Gasteiger charge is 2.21. The zero-order valence-electron chi connectivity index (χ0n) is 11.5. The molecule has 0 saturated heterocycles. The summed E-state index contributed by atoms with van der Waals surface area (Å²) in [4.78, 5) is 5.39. The SMILES string of the molecule is CC(C)(C)c1csc(NS(=O)(=O)c2csc(CN)c2)n1. The molecule has 0 unspecified atom stereocenters. The molecule has 0 aliphatic rings. The monoisotopic (exact) mass is 331 g/mol. The van der Waals surface area contributed by atoms with Crippen LogP contribution in [0.3, 0.4) is 0 Å². The first-order valence-corrected chi connectivity index (χ1v) is 9.23. The number of aromatic nitrogens is 1. The summed E-state index contributed by atoms with van der Waals surface area (Å²) >= 11 is 2.62. The van der Waals surface area contributed by atoms with Crippen LogP contribution in [0.2, 0.25) is 0 Å². The molecule has 0 fully saturated rings. The van der Waals surface area contributed by atoms with Gasteiger partial charge in [0.1, 0.15) is 0 Å². The van der Waals surface area contributed by atoms with Gasteiger partial charge < -0.3 is 5.73 Å². The van der Waals surface area contributed by atoms with Gasteiger partial charge in [0.15, 0.2) is 5.13 Å². The van der Waals surface area contributed by atoms with Crippen LogP contribution in [-0.2, 0) is 22.0 Å². The summed E-state index contributed by atoms with van der Waals surface area (Å²) in [5.41, 5.74) is 6.26. The first-order chi connectivity index (χ1) is 9.22. The van der Waals surface area contributed by atoms with Crippen LogP contribution in [0.15, 0.2) is 21.7 Å². The molecule has 2 rings (SSSR count). The van der Waals surface area contributed by atoms with Crippen LogP contribution in [0.1, 0.15) is 31.3 Å². The Morgan fingerprint density at radius 3 is 2.50 bits per heavy atom. The molecule has 0 spiro atoms. The fourth-order valence-electron chi connectivity index (χ4n) is 1.45. The molecule has 0 aromatic carbocycles. The Morgan fingerprint density at radius 1 is 1.30 bits per heavy atom. The van der Waals surface area contributed by atoms with E-state index in [1.807, 2.05) is 26.2 Å². The van der Waals surface area contributed by atoms with E-state index in [1.54, 1.807) is 11.4 Å². The topological polar surface area (TPSA) is 85.1 Å². The van der Waals surface area contributed by atoms with Crippen molar-refractivity contribution < 1.29 is 8.42 Å². The highest BCUT2D eigenvalue weighted by Crippen LogP contribution is 2.28. The second-order valence-corrected chi connectivity index (χ2v) is 8.88. The normalized spacial score (nSPS) is 12.6. The first-order valence-electron chi connectivity index (χ1n) is 5.98. The lowest BCUT2D eigenvalue weighted by molar-refractivity contribution is 0.573. The van der Waals surface area contributed by atoms with Gasteiger partial charge in [0.05, 0.1) is 10.6 Å². The minimum absolute atomic E-state index is 0.102. The van der Waals surface area contributed by atoms with Crippen LogP contribution in [0.4, 0.5) is 5.13 Å². The number of thiazole rings is 1. The fraction of sp³-hybridized carbons (Fsp3) is 0.417. The summed E-state index contributed by atoms with van der Waals surface area (Å²) in [6.45, 7) is 6.44. The second-order valence-electron chi connectivity index (χ2n) is 5.35. The number of nitrogens with one attached hydrogen (secondary N) is 1. The van der Waals surface area contributed by atoms with Gasteiger partial charge in [-0.1, -0.05) is 20.8 Å². The summed E-state index contributed by atoms with van der Waals surface area (Å²) in [6, 6.07) is 1.59. The lowest BCUT2D eigenvalue weighted by Gasteiger charge is -2.14. The van der Waals surface area contributed by atoms with Gasteiger partial charge in [0, 0.05) is 27.6 Å². The Hall–Kier alpha value is -0.960. The maximum atomic E-state index is 12.2. The van der Waals surface area contributed by atoms with E-state index in [9.17, 15) is 8.42 Å². The van der Waals surface area contributed by atoms with Crippen LogP contribution >= 0.6 is 22.7 Å². The molecule has 0 aliphatic heterocycles. The van der Waals surface area contributed by atoms with E-state index in [0.29, 0.717) is 11.7 Å². The van der Waals surface area contributed by atoms with Crippen molar-refractivity contribution in [2.24, 2.45) is 5.73 Å². The van der Waals surface area contributed by atoms with Gasteiger partial charge in [-0.15, -0.1) is 22.7 Å². The van der Waals surface area contributed by atoms with E-state index in [0.717, 1.165) is 10.6 Å². The maximum absolute atomic E-state index is 12.2.